The lowest BCUT2D eigenvalue weighted by Gasteiger charge is -2.05. The molecule has 0 radical (unpaired) electrons. The Morgan fingerprint density at radius 3 is 2.80 bits per heavy atom. The fourth-order valence-electron chi connectivity index (χ4n) is 2.18. The maximum atomic E-state index is 6.03. The molecular formula is C14H13BrClN3S. The third-order valence-electron chi connectivity index (χ3n) is 3.28. The van der Waals surface area contributed by atoms with Crippen LogP contribution in [0, 0.1) is 13.8 Å². The van der Waals surface area contributed by atoms with Gasteiger partial charge in [-0.25, -0.2) is 9.97 Å². The zero-order chi connectivity index (χ0) is 14.3. The molecule has 3 heterocycles. The van der Waals surface area contributed by atoms with Crippen molar-refractivity contribution in [1.29, 1.82) is 0 Å². The number of pyridine rings is 1. The summed E-state index contributed by atoms with van der Waals surface area (Å²) in [6.45, 7) is 5.05. The van der Waals surface area contributed by atoms with Crippen molar-refractivity contribution in [2.24, 2.45) is 0 Å². The van der Waals surface area contributed by atoms with Gasteiger partial charge in [-0.05, 0) is 47.5 Å². The van der Waals surface area contributed by atoms with E-state index in [2.05, 4.69) is 50.4 Å². The Morgan fingerprint density at radius 1 is 1.35 bits per heavy atom. The number of fused-ring (bicyclic) bond motifs is 1. The molecule has 3 nitrogen and oxygen atoms in total. The average Bonchev–Trinajstić information content (AvgIpc) is 2.91. The fraction of sp³-hybridized carbons (Fsp3) is 0.286. The summed E-state index contributed by atoms with van der Waals surface area (Å²) in [5.74, 6) is 1.24. The molecule has 0 aliphatic carbocycles. The number of hydrogen-bond acceptors (Lipinski definition) is 3. The Balaban J connectivity index is 2.09. The minimum Gasteiger partial charge on any atom is -0.306 e. The van der Waals surface area contributed by atoms with E-state index in [1.807, 2.05) is 17.4 Å². The van der Waals surface area contributed by atoms with Crippen LogP contribution >= 0.6 is 38.9 Å². The van der Waals surface area contributed by atoms with Gasteiger partial charge >= 0.3 is 0 Å². The van der Waals surface area contributed by atoms with Crippen molar-refractivity contribution in [3.8, 4) is 0 Å². The fourth-order valence-corrected chi connectivity index (χ4v) is 3.75. The van der Waals surface area contributed by atoms with E-state index in [4.69, 9.17) is 11.6 Å². The van der Waals surface area contributed by atoms with Crippen molar-refractivity contribution in [1.82, 2.24) is 14.5 Å². The van der Waals surface area contributed by atoms with Crippen molar-refractivity contribution in [3.05, 3.63) is 43.9 Å². The topological polar surface area (TPSA) is 30.7 Å². The van der Waals surface area contributed by atoms with Crippen LogP contribution in [-0.4, -0.2) is 14.5 Å². The smallest absolute Gasteiger partial charge is 0.160 e. The molecule has 0 amide bonds. The number of rotatable bonds is 3. The van der Waals surface area contributed by atoms with E-state index < -0.39 is 0 Å². The predicted octanol–water partition coefficient (Wildman–Crippen LogP) is 4.66. The zero-order valence-electron chi connectivity index (χ0n) is 11.2. The van der Waals surface area contributed by atoms with E-state index in [-0.39, 0.29) is 0 Å². The van der Waals surface area contributed by atoms with Gasteiger partial charge in [0.25, 0.3) is 0 Å². The van der Waals surface area contributed by atoms with Crippen LogP contribution in [0.25, 0.3) is 11.2 Å². The molecule has 0 aliphatic heterocycles. The number of nitrogens with zero attached hydrogens (tertiary/aromatic N) is 3. The van der Waals surface area contributed by atoms with Gasteiger partial charge in [-0.2, -0.15) is 0 Å². The summed E-state index contributed by atoms with van der Waals surface area (Å²) in [5, 5.41) is 0. The standard InChI is InChI=1S/C14H13BrClN3S/c1-8-3-11(20-9(8)2)7-19-13(5-16)18-12-4-10(15)6-17-14(12)19/h3-4,6H,5,7H2,1-2H3. The average molecular weight is 371 g/mol. The van der Waals surface area contributed by atoms with Crippen LogP contribution in [0.2, 0.25) is 0 Å². The van der Waals surface area contributed by atoms with Gasteiger partial charge in [-0.1, -0.05) is 0 Å². The highest BCUT2D eigenvalue weighted by Gasteiger charge is 2.13. The van der Waals surface area contributed by atoms with Crippen LogP contribution in [0.3, 0.4) is 0 Å². The summed E-state index contributed by atoms with van der Waals surface area (Å²) in [7, 11) is 0. The molecule has 0 fully saturated rings. The Bertz CT molecular complexity index is 759. The van der Waals surface area contributed by atoms with Crippen molar-refractivity contribution < 1.29 is 0 Å². The number of halogens is 2. The first kappa shape index (κ1) is 14.0. The first-order valence-corrected chi connectivity index (χ1v) is 8.35. The Morgan fingerprint density at radius 2 is 2.15 bits per heavy atom. The summed E-state index contributed by atoms with van der Waals surface area (Å²) in [4.78, 5) is 11.7. The van der Waals surface area contributed by atoms with E-state index >= 15 is 0 Å². The zero-order valence-corrected chi connectivity index (χ0v) is 14.3. The quantitative estimate of drug-likeness (QED) is 0.628. The normalized spacial score (nSPS) is 11.4. The molecule has 20 heavy (non-hydrogen) atoms. The maximum absolute atomic E-state index is 6.03. The van der Waals surface area contributed by atoms with Gasteiger partial charge in [0, 0.05) is 20.4 Å². The number of hydrogen-bond donors (Lipinski definition) is 0. The van der Waals surface area contributed by atoms with Crippen LogP contribution in [0.1, 0.15) is 21.1 Å². The highest BCUT2D eigenvalue weighted by atomic mass is 79.9. The number of alkyl halides is 1. The monoisotopic (exact) mass is 369 g/mol. The molecular weight excluding hydrogens is 358 g/mol. The molecule has 0 aliphatic rings. The predicted molar refractivity (Wildman–Crippen MR) is 87.7 cm³/mol. The van der Waals surface area contributed by atoms with Gasteiger partial charge in [0.05, 0.1) is 12.4 Å². The molecule has 0 atom stereocenters. The summed E-state index contributed by atoms with van der Waals surface area (Å²) in [6, 6.07) is 4.20. The molecule has 0 aromatic carbocycles. The molecule has 0 spiro atoms. The largest absolute Gasteiger partial charge is 0.306 e. The highest BCUT2D eigenvalue weighted by Crippen LogP contribution is 2.25. The lowest BCUT2D eigenvalue weighted by Crippen LogP contribution is -2.03. The lowest BCUT2D eigenvalue weighted by atomic mass is 10.3. The highest BCUT2D eigenvalue weighted by molar-refractivity contribution is 9.10. The lowest BCUT2D eigenvalue weighted by molar-refractivity contribution is 0.780. The van der Waals surface area contributed by atoms with Gasteiger partial charge in [-0.3, -0.25) is 0 Å². The van der Waals surface area contributed by atoms with E-state index in [9.17, 15) is 0 Å². The second kappa shape index (κ2) is 5.47. The third kappa shape index (κ3) is 2.50. The van der Waals surface area contributed by atoms with E-state index in [0.29, 0.717) is 5.88 Å². The molecule has 0 bridgehead atoms. The second-order valence-corrected chi connectivity index (χ2v) is 7.22. The van der Waals surface area contributed by atoms with Crippen molar-refractivity contribution in [2.75, 3.05) is 0 Å². The minimum atomic E-state index is 0.386. The second-order valence-electron chi connectivity index (χ2n) is 4.70. The Labute approximate surface area is 134 Å². The summed E-state index contributed by atoms with van der Waals surface area (Å²) in [6.07, 6.45) is 1.80. The number of aromatic nitrogens is 3. The van der Waals surface area contributed by atoms with Crippen LogP contribution in [-0.2, 0) is 12.4 Å². The van der Waals surface area contributed by atoms with E-state index in [0.717, 1.165) is 28.0 Å². The molecule has 0 saturated carbocycles. The van der Waals surface area contributed by atoms with Crippen LogP contribution < -0.4 is 0 Å². The van der Waals surface area contributed by atoms with Crippen molar-refractivity contribution in [3.63, 3.8) is 0 Å². The summed E-state index contributed by atoms with van der Waals surface area (Å²) < 4.78 is 3.03. The Kier molecular flexibility index (Phi) is 3.84. The summed E-state index contributed by atoms with van der Waals surface area (Å²) >= 11 is 11.3. The SMILES string of the molecule is Cc1cc(Cn2c(CCl)nc3cc(Br)cnc32)sc1C. The molecule has 6 heteroatoms. The van der Waals surface area contributed by atoms with Gasteiger partial charge in [0.15, 0.2) is 5.65 Å². The van der Waals surface area contributed by atoms with Crippen LogP contribution in [0.15, 0.2) is 22.8 Å². The summed E-state index contributed by atoms with van der Waals surface area (Å²) in [5.41, 5.74) is 3.09. The van der Waals surface area contributed by atoms with Crippen LogP contribution in [0.4, 0.5) is 0 Å². The first-order valence-electron chi connectivity index (χ1n) is 6.21. The Hall–Kier alpha value is -0.910. The third-order valence-corrected chi connectivity index (χ3v) is 5.09. The van der Waals surface area contributed by atoms with Crippen molar-refractivity contribution >= 4 is 50.0 Å². The maximum Gasteiger partial charge on any atom is 0.160 e. The molecule has 0 N–H and O–H groups in total. The molecule has 3 aromatic heterocycles. The van der Waals surface area contributed by atoms with Gasteiger partial charge in [0.2, 0.25) is 0 Å². The number of thiophene rings is 1. The van der Waals surface area contributed by atoms with Crippen LogP contribution in [0.5, 0.6) is 0 Å². The molecule has 0 unspecified atom stereocenters. The number of aryl methyl sites for hydroxylation is 2. The molecule has 3 rings (SSSR count). The van der Waals surface area contributed by atoms with Crippen molar-refractivity contribution in [2.45, 2.75) is 26.3 Å². The van der Waals surface area contributed by atoms with E-state index in [1.54, 1.807) is 6.20 Å². The number of imidazole rings is 1. The minimum absolute atomic E-state index is 0.386. The molecule has 3 aromatic rings. The van der Waals surface area contributed by atoms with Gasteiger partial charge in [0.1, 0.15) is 11.3 Å². The van der Waals surface area contributed by atoms with Gasteiger partial charge in [-0.15, -0.1) is 22.9 Å². The van der Waals surface area contributed by atoms with Gasteiger partial charge < -0.3 is 4.57 Å². The molecule has 104 valence electrons. The molecule has 0 saturated heterocycles. The first-order chi connectivity index (χ1) is 9.58. The van der Waals surface area contributed by atoms with E-state index in [1.165, 1.54) is 15.3 Å².